The van der Waals surface area contributed by atoms with Crippen LogP contribution in [-0.4, -0.2) is 19.4 Å². The van der Waals surface area contributed by atoms with Crippen molar-refractivity contribution in [2.45, 2.75) is 0 Å². The molecule has 0 saturated heterocycles. The van der Waals surface area contributed by atoms with Gasteiger partial charge in [-0.25, -0.2) is 9.37 Å². The SMILES string of the molecule is Fc1cncc(-c2cn3ccncc3n2)c1. The molecule has 3 aromatic rings. The average Bonchev–Trinajstić information content (AvgIpc) is 2.72. The number of pyridine rings is 1. The van der Waals surface area contributed by atoms with Crippen molar-refractivity contribution in [3.05, 3.63) is 49.1 Å². The van der Waals surface area contributed by atoms with Gasteiger partial charge in [0.15, 0.2) is 5.65 Å². The number of rotatable bonds is 1. The first-order chi connectivity index (χ1) is 7.83. The first-order valence-electron chi connectivity index (χ1n) is 4.72. The number of hydrogen-bond donors (Lipinski definition) is 0. The van der Waals surface area contributed by atoms with Crippen molar-refractivity contribution >= 4 is 5.65 Å². The monoisotopic (exact) mass is 214 g/mol. The van der Waals surface area contributed by atoms with Crippen LogP contribution in [0.3, 0.4) is 0 Å². The molecule has 3 heterocycles. The van der Waals surface area contributed by atoms with Crippen LogP contribution in [0, 0.1) is 5.82 Å². The number of nitrogens with zero attached hydrogens (tertiary/aromatic N) is 4. The van der Waals surface area contributed by atoms with E-state index in [1.165, 1.54) is 12.3 Å². The lowest BCUT2D eigenvalue weighted by atomic mass is 10.2. The Morgan fingerprint density at radius 1 is 1.12 bits per heavy atom. The Kier molecular flexibility index (Phi) is 1.89. The molecule has 0 spiro atoms. The molecule has 0 aromatic carbocycles. The van der Waals surface area contributed by atoms with E-state index < -0.39 is 0 Å². The minimum absolute atomic E-state index is 0.368. The normalized spacial score (nSPS) is 10.8. The van der Waals surface area contributed by atoms with Crippen molar-refractivity contribution in [2.75, 3.05) is 0 Å². The van der Waals surface area contributed by atoms with E-state index in [2.05, 4.69) is 15.0 Å². The van der Waals surface area contributed by atoms with Crippen molar-refractivity contribution in [3.63, 3.8) is 0 Å². The smallest absolute Gasteiger partial charge is 0.155 e. The summed E-state index contributed by atoms with van der Waals surface area (Å²) in [7, 11) is 0. The molecule has 3 rings (SSSR count). The lowest BCUT2D eigenvalue weighted by Gasteiger charge is -1.93. The first-order valence-corrected chi connectivity index (χ1v) is 4.72. The Morgan fingerprint density at radius 2 is 2.06 bits per heavy atom. The summed E-state index contributed by atoms with van der Waals surface area (Å²) in [6.07, 6.45) is 9.67. The van der Waals surface area contributed by atoms with Gasteiger partial charge in [-0.2, -0.15) is 0 Å². The van der Waals surface area contributed by atoms with Gasteiger partial charge in [0.2, 0.25) is 0 Å². The summed E-state index contributed by atoms with van der Waals surface area (Å²) < 4.78 is 14.8. The summed E-state index contributed by atoms with van der Waals surface area (Å²) in [5.74, 6) is -0.368. The average molecular weight is 214 g/mol. The van der Waals surface area contributed by atoms with Crippen LogP contribution in [0.4, 0.5) is 4.39 Å². The summed E-state index contributed by atoms with van der Waals surface area (Å²) in [4.78, 5) is 12.1. The van der Waals surface area contributed by atoms with E-state index in [1.807, 2.05) is 10.6 Å². The van der Waals surface area contributed by atoms with Crippen molar-refractivity contribution in [1.82, 2.24) is 19.4 Å². The standard InChI is InChI=1S/C11H7FN4/c12-9-3-8(4-14-5-9)10-7-16-2-1-13-6-11(16)15-10/h1-7H. The highest BCUT2D eigenvalue weighted by atomic mass is 19.1. The molecule has 4 nitrogen and oxygen atoms in total. The van der Waals surface area contributed by atoms with Crippen LogP contribution in [0.5, 0.6) is 0 Å². The Balaban J connectivity index is 2.19. The van der Waals surface area contributed by atoms with Gasteiger partial charge < -0.3 is 4.40 Å². The van der Waals surface area contributed by atoms with E-state index in [4.69, 9.17) is 0 Å². The summed E-state index contributed by atoms with van der Waals surface area (Å²) in [5, 5.41) is 0. The lowest BCUT2D eigenvalue weighted by molar-refractivity contribution is 0.622. The quantitative estimate of drug-likeness (QED) is 0.621. The Morgan fingerprint density at radius 3 is 2.88 bits per heavy atom. The van der Waals surface area contributed by atoms with E-state index in [0.717, 1.165) is 5.65 Å². The summed E-state index contributed by atoms with van der Waals surface area (Å²) >= 11 is 0. The summed E-state index contributed by atoms with van der Waals surface area (Å²) in [5.41, 5.74) is 2.06. The highest BCUT2D eigenvalue weighted by molar-refractivity contribution is 5.61. The largest absolute Gasteiger partial charge is 0.304 e. The third kappa shape index (κ3) is 1.42. The lowest BCUT2D eigenvalue weighted by Crippen LogP contribution is -1.82. The maximum atomic E-state index is 13.0. The fourth-order valence-electron chi connectivity index (χ4n) is 1.53. The zero-order valence-electron chi connectivity index (χ0n) is 8.21. The zero-order chi connectivity index (χ0) is 11.0. The molecule has 78 valence electrons. The fraction of sp³-hybridized carbons (Fsp3) is 0. The number of hydrogen-bond acceptors (Lipinski definition) is 3. The van der Waals surface area contributed by atoms with E-state index in [1.54, 1.807) is 24.8 Å². The highest BCUT2D eigenvalue weighted by Gasteiger charge is 2.05. The summed E-state index contributed by atoms with van der Waals surface area (Å²) in [6, 6.07) is 1.40. The molecule has 16 heavy (non-hydrogen) atoms. The first kappa shape index (κ1) is 8.96. The molecule has 3 aromatic heterocycles. The minimum atomic E-state index is -0.368. The second-order valence-electron chi connectivity index (χ2n) is 3.36. The molecule has 0 unspecified atom stereocenters. The van der Waals surface area contributed by atoms with Crippen molar-refractivity contribution in [1.29, 1.82) is 0 Å². The van der Waals surface area contributed by atoms with Gasteiger partial charge in [-0.3, -0.25) is 9.97 Å². The Bertz CT molecular complexity index is 614. The predicted molar refractivity (Wildman–Crippen MR) is 56.2 cm³/mol. The maximum absolute atomic E-state index is 13.0. The molecule has 0 aliphatic carbocycles. The van der Waals surface area contributed by atoms with Crippen molar-refractivity contribution in [2.24, 2.45) is 0 Å². The molecule has 0 saturated carbocycles. The second kappa shape index (κ2) is 3.37. The van der Waals surface area contributed by atoms with Crippen molar-refractivity contribution in [3.8, 4) is 11.3 Å². The van der Waals surface area contributed by atoms with Gasteiger partial charge in [-0.05, 0) is 6.07 Å². The van der Waals surface area contributed by atoms with E-state index in [0.29, 0.717) is 11.3 Å². The topological polar surface area (TPSA) is 43.1 Å². The van der Waals surface area contributed by atoms with Crippen LogP contribution in [0.25, 0.3) is 16.9 Å². The number of halogens is 1. The molecular formula is C11H7FN4. The van der Waals surface area contributed by atoms with E-state index >= 15 is 0 Å². The van der Waals surface area contributed by atoms with Gasteiger partial charge >= 0.3 is 0 Å². The van der Waals surface area contributed by atoms with Gasteiger partial charge in [0, 0.05) is 30.4 Å². The van der Waals surface area contributed by atoms with Crippen LogP contribution < -0.4 is 0 Å². The second-order valence-corrected chi connectivity index (χ2v) is 3.36. The number of imidazole rings is 1. The van der Waals surface area contributed by atoms with Crippen LogP contribution in [0.1, 0.15) is 0 Å². The van der Waals surface area contributed by atoms with Gasteiger partial charge in [-0.1, -0.05) is 0 Å². The van der Waals surface area contributed by atoms with Crippen LogP contribution in [-0.2, 0) is 0 Å². The fourth-order valence-corrected chi connectivity index (χ4v) is 1.53. The molecule has 0 N–H and O–H groups in total. The van der Waals surface area contributed by atoms with Crippen molar-refractivity contribution < 1.29 is 4.39 Å². The molecule has 0 amide bonds. The number of aromatic nitrogens is 4. The summed E-state index contributed by atoms with van der Waals surface area (Å²) in [6.45, 7) is 0. The molecule has 0 fully saturated rings. The van der Waals surface area contributed by atoms with Crippen LogP contribution in [0.2, 0.25) is 0 Å². The zero-order valence-corrected chi connectivity index (χ0v) is 8.21. The predicted octanol–water partition coefficient (Wildman–Crippen LogP) is 1.93. The van der Waals surface area contributed by atoms with E-state index in [9.17, 15) is 4.39 Å². The molecule has 0 aliphatic heterocycles. The van der Waals surface area contributed by atoms with Gasteiger partial charge in [-0.15, -0.1) is 0 Å². The molecule has 0 radical (unpaired) electrons. The highest BCUT2D eigenvalue weighted by Crippen LogP contribution is 2.18. The molecule has 0 aliphatic rings. The van der Waals surface area contributed by atoms with Crippen LogP contribution in [0.15, 0.2) is 43.2 Å². The molecule has 5 heteroatoms. The Labute approximate surface area is 90.4 Å². The molecule has 0 bridgehead atoms. The third-order valence-electron chi connectivity index (χ3n) is 2.26. The Hall–Kier alpha value is -2.30. The van der Waals surface area contributed by atoms with Gasteiger partial charge in [0.05, 0.1) is 18.1 Å². The van der Waals surface area contributed by atoms with E-state index in [-0.39, 0.29) is 5.82 Å². The van der Waals surface area contributed by atoms with Crippen LogP contribution >= 0.6 is 0 Å². The number of fused-ring (bicyclic) bond motifs is 1. The van der Waals surface area contributed by atoms with Gasteiger partial charge in [0.1, 0.15) is 5.82 Å². The molecule has 0 atom stereocenters. The third-order valence-corrected chi connectivity index (χ3v) is 2.26. The molecular weight excluding hydrogens is 207 g/mol. The minimum Gasteiger partial charge on any atom is -0.304 e. The van der Waals surface area contributed by atoms with Gasteiger partial charge in [0.25, 0.3) is 0 Å². The maximum Gasteiger partial charge on any atom is 0.155 e.